The predicted octanol–water partition coefficient (Wildman–Crippen LogP) is -2.94. The Morgan fingerprint density at radius 2 is 1.25 bits per heavy atom. The van der Waals surface area contributed by atoms with Crippen LogP contribution in [0.2, 0.25) is 0 Å². The van der Waals surface area contributed by atoms with Gasteiger partial charge in [-0.05, 0) is 145 Å². The van der Waals surface area contributed by atoms with Gasteiger partial charge in [-0.1, -0.05) is 74.1 Å². The van der Waals surface area contributed by atoms with E-state index in [9.17, 15) is 67.7 Å². The standard InChI is InChI=1S/C71H100N20O14S/c1-40(2)37-54-67(101)82-49(22-28-72)62(96)81-52(25-31-75)66(100)88-59(41(3)92)69(103)79-34-26-53(65(99)80-50(23-29-73)64(98)86-55(68(102)85-54)38-43-13-7-6-8-14-43)83-63(97)51(24-30-74)84-70(104)60(42(4)93)87-58(94)27-35-90(36-32-76)71(105)91-56-39-45(106-57-17-10-9-16-47(57)61(95)77-5)19-20-46(56)48(89-91)21-18-44-15-11-12-33-78-44/h6-21,33,39-42,49-55,59-60,92-93H,22-32,34-38,72-76H2,1-5H3,(H,77,95)(H,79,103)(H,80,99)(H,81,96)(H,82,101)(H,83,97)(H,84,104)(H,85,102)(H,86,98)(H,87,94)(H,88,100)/b21-18+/t41-,42-,49+,50+,51+,52+,53+,54+,55-,59+,60+/m1/s1. The summed E-state index contributed by atoms with van der Waals surface area (Å²) in [5.41, 5.74) is 32.2. The highest BCUT2D eigenvalue weighted by Crippen LogP contribution is 2.34. The van der Waals surface area contributed by atoms with E-state index in [-0.39, 0.29) is 96.2 Å². The summed E-state index contributed by atoms with van der Waals surface area (Å²) >= 11 is 1.29. The number of amides is 12. The molecule has 0 spiro atoms. The number of hydrogen-bond donors (Lipinski definition) is 18. The lowest BCUT2D eigenvalue weighted by atomic mass is 10.00. The van der Waals surface area contributed by atoms with Gasteiger partial charge < -0.3 is 102 Å². The zero-order valence-corrected chi connectivity index (χ0v) is 60.8. The molecule has 23 N–H and O–H groups in total. The Morgan fingerprint density at radius 3 is 1.84 bits per heavy atom. The van der Waals surface area contributed by atoms with E-state index in [1.165, 1.54) is 42.2 Å². The second-order valence-corrected chi connectivity index (χ2v) is 26.8. The van der Waals surface area contributed by atoms with E-state index < -0.39 is 151 Å². The van der Waals surface area contributed by atoms with Crippen molar-refractivity contribution in [2.24, 2.45) is 34.6 Å². The first-order valence-electron chi connectivity index (χ1n) is 35.0. The third-order valence-electron chi connectivity index (χ3n) is 16.9. The first kappa shape index (κ1) is 84.7. The van der Waals surface area contributed by atoms with Crippen molar-refractivity contribution < 1.29 is 67.7 Å². The van der Waals surface area contributed by atoms with Crippen LogP contribution < -0.4 is 87.2 Å². The number of carbonyl (C=O) groups is 12. The van der Waals surface area contributed by atoms with Gasteiger partial charge >= 0.3 is 6.03 Å². The largest absolute Gasteiger partial charge is 0.391 e. The maximum Gasteiger partial charge on any atom is 0.345 e. The Kier molecular flexibility index (Phi) is 34.0. The molecule has 1 aliphatic rings. The van der Waals surface area contributed by atoms with Crippen molar-refractivity contribution in [1.82, 2.24) is 78.1 Å². The molecule has 0 aliphatic carbocycles. The van der Waals surface area contributed by atoms with Crippen molar-refractivity contribution in [2.75, 3.05) is 59.4 Å². The van der Waals surface area contributed by atoms with Crippen LogP contribution in [-0.4, -0.2) is 227 Å². The van der Waals surface area contributed by atoms with E-state index in [0.29, 0.717) is 43.2 Å². The van der Waals surface area contributed by atoms with Gasteiger partial charge in [0.25, 0.3) is 5.91 Å². The molecule has 0 saturated carbocycles. The highest BCUT2D eigenvalue weighted by Gasteiger charge is 2.38. The molecule has 11 atom stereocenters. The predicted molar refractivity (Wildman–Crippen MR) is 396 cm³/mol. The number of aromatic nitrogens is 3. The summed E-state index contributed by atoms with van der Waals surface area (Å²) in [4.78, 5) is 177. The summed E-state index contributed by atoms with van der Waals surface area (Å²) < 4.78 is 1.17. The third kappa shape index (κ3) is 25.2. The number of nitrogens with two attached hydrogens (primary N) is 5. The number of hydrogen-bond acceptors (Lipinski definition) is 22. The lowest BCUT2D eigenvalue weighted by Gasteiger charge is -2.28. The van der Waals surface area contributed by atoms with Crippen molar-refractivity contribution in [3.05, 3.63) is 120 Å². The number of aliphatic hydroxyl groups is 2. The lowest BCUT2D eigenvalue weighted by Crippen LogP contribution is -2.61. The minimum Gasteiger partial charge on any atom is -0.391 e. The zero-order valence-electron chi connectivity index (χ0n) is 60.0. The number of pyridine rings is 1. The number of fused-ring (bicyclic) bond motifs is 1. The minimum atomic E-state index is -1.76. The van der Waals surface area contributed by atoms with Gasteiger partial charge in [-0.2, -0.15) is 9.78 Å². The zero-order chi connectivity index (χ0) is 77.6. The smallest absolute Gasteiger partial charge is 0.345 e. The Labute approximate surface area is 618 Å². The molecule has 1 saturated heterocycles. The molecule has 5 aromatic rings. The maximum absolute atomic E-state index is 14.7. The van der Waals surface area contributed by atoms with Crippen molar-refractivity contribution in [1.29, 1.82) is 0 Å². The van der Waals surface area contributed by atoms with Gasteiger partial charge in [0.2, 0.25) is 59.1 Å². The fourth-order valence-electron chi connectivity index (χ4n) is 11.4. The topological polar surface area (TPSA) is 542 Å². The molecule has 0 radical (unpaired) electrons. The molecule has 2 aromatic heterocycles. The normalized spacial score (nSPS) is 20.1. The molecule has 6 rings (SSSR count). The fourth-order valence-corrected chi connectivity index (χ4v) is 12.3. The van der Waals surface area contributed by atoms with Crippen LogP contribution >= 0.6 is 11.8 Å². The van der Waals surface area contributed by atoms with E-state index in [1.807, 2.05) is 12.1 Å². The van der Waals surface area contributed by atoms with E-state index in [0.717, 1.165) is 0 Å². The lowest BCUT2D eigenvalue weighted by molar-refractivity contribution is -0.136. The molecule has 3 aromatic carbocycles. The highest BCUT2D eigenvalue weighted by molar-refractivity contribution is 7.99. The number of rotatable bonds is 29. The summed E-state index contributed by atoms with van der Waals surface area (Å²) in [5, 5.41) is 55.5. The average molecular weight is 1490 g/mol. The second-order valence-electron chi connectivity index (χ2n) is 25.7. The van der Waals surface area contributed by atoms with E-state index in [1.54, 1.807) is 111 Å². The number of carbonyl (C=O) groups excluding carboxylic acids is 12. The van der Waals surface area contributed by atoms with Gasteiger partial charge in [0.15, 0.2) is 0 Å². The molecule has 35 heteroatoms. The van der Waals surface area contributed by atoms with Crippen molar-refractivity contribution >= 4 is 106 Å². The summed E-state index contributed by atoms with van der Waals surface area (Å²) in [7, 11) is 1.53. The van der Waals surface area contributed by atoms with E-state index in [4.69, 9.17) is 33.8 Å². The summed E-state index contributed by atoms with van der Waals surface area (Å²) in [6, 6.07) is 11.6. The van der Waals surface area contributed by atoms with Crippen molar-refractivity contribution in [3.8, 4) is 0 Å². The molecule has 574 valence electrons. The SMILES string of the molecule is CNC(=O)c1ccccc1Sc1ccc2c(/C=C/c3ccccn3)nn(C(=O)N(CCN)CCC(=O)N[C@H](C(=O)N[C@@H](CCN)C(=O)N[C@H]3CCNC(=O)[C@H]([C@@H](C)O)NC(=O)[C@H](CCN)NC(=O)[C@H](CCN)NC(=O)[C@H](CC(C)C)NC(=O)[C@@H](Cc4ccccc4)NC(=O)[C@H](CCN)NC3=O)[C@@H](C)O)c2c1. The summed E-state index contributed by atoms with van der Waals surface area (Å²) in [6.45, 7) is 4.25. The number of benzene rings is 3. The summed E-state index contributed by atoms with van der Waals surface area (Å²) in [5.74, 6) is -10.0. The molecular weight excluding hydrogens is 1390 g/mol. The molecular formula is C71H100N20O14S. The van der Waals surface area contributed by atoms with Crippen LogP contribution in [0.4, 0.5) is 4.79 Å². The van der Waals surface area contributed by atoms with Gasteiger partial charge in [-0.3, -0.25) is 57.7 Å². The number of aliphatic hydroxyl groups excluding tert-OH is 2. The first-order valence-corrected chi connectivity index (χ1v) is 35.9. The molecule has 12 amide bonds. The quantitative estimate of drug-likeness (QED) is 0.0228. The fraction of sp³-hybridized carbons (Fsp3) is 0.465. The Balaban J connectivity index is 1.26. The molecule has 0 bridgehead atoms. The van der Waals surface area contributed by atoms with Crippen LogP contribution in [0.3, 0.4) is 0 Å². The van der Waals surface area contributed by atoms with Crippen LogP contribution in [-0.2, 0) is 54.4 Å². The minimum absolute atomic E-state index is 0.0272. The molecule has 1 aliphatic heterocycles. The first-order chi connectivity index (χ1) is 50.7. The Bertz CT molecular complexity index is 3860. The van der Waals surface area contributed by atoms with Gasteiger partial charge in [0.05, 0.1) is 34.7 Å². The summed E-state index contributed by atoms with van der Waals surface area (Å²) in [6.07, 6.45) is -0.159. The third-order valence-corrected chi connectivity index (χ3v) is 18.0. The van der Waals surface area contributed by atoms with Crippen molar-refractivity contribution in [3.63, 3.8) is 0 Å². The van der Waals surface area contributed by atoms with Crippen LogP contribution in [0.1, 0.15) is 99.9 Å². The van der Waals surface area contributed by atoms with Gasteiger partial charge in [-0.15, -0.1) is 0 Å². The average Bonchev–Trinajstić information content (AvgIpc) is 1.62. The second kappa shape index (κ2) is 42.6. The van der Waals surface area contributed by atoms with Crippen LogP contribution in [0.15, 0.2) is 107 Å². The van der Waals surface area contributed by atoms with Crippen LogP contribution in [0.5, 0.6) is 0 Å². The Morgan fingerprint density at radius 1 is 0.651 bits per heavy atom. The monoisotopic (exact) mass is 1490 g/mol. The van der Waals surface area contributed by atoms with Crippen LogP contribution in [0, 0.1) is 5.92 Å². The Hall–Kier alpha value is -10.3. The maximum atomic E-state index is 14.7. The van der Waals surface area contributed by atoms with Gasteiger partial charge in [0, 0.05) is 67.4 Å². The number of nitrogens with one attached hydrogen (secondary N) is 11. The molecule has 1 fully saturated rings. The van der Waals surface area contributed by atoms with E-state index in [2.05, 4.69) is 63.5 Å². The molecule has 34 nitrogen and oxygen atoms in total. The molecule has 0 unspecified atom stereocenters. The van der Waals surface area contributed by atoms with E-state index >= 15 is 0 Å². The van der Waals surface area contributed by atoms with Gasteiger partial charge in [0.1, 0.15) is 54.4 Å². The van der Waals surface area contributed by atoms with Gasteiger partial charge in [-0.25, -0.2) is 4.79 Å². The molecule has 3 heterocycles. The molecule has 106 heavy (non-hydrogen) atoms. The van der Waals surface area contributed by atoms with Crippen molar-refractivity contribution in [2.45, 2.75) is 155 Å². The highest BCUT2D eigenvalue weighted by atomic mass is 32.2. The van der Waals surface area contributed by atoms with Crippen LogP contribution in [0.25, 0.3) is 23.1 Å². The number of nitrogens with zero attached hydrogens (tertiary/aromatic N) is 4.